The van der Waals surface area contributed by atoms with Crippen LogP contribution in [0.25, 0.3) is 0 Å². The fourth-order valence-electron chi connectivity index (χ4n) is 0.873. The van der Waals surface area contributed by atoms with E-state index < -0.39 is 27.8 Å². The van der Waals surface area contributed by atoms with E-state index in [4.69, 9.17) is 5.73 Å². The van der Waals surface area contributed by atoms with Crippen molar-refractivity contribution in [1.82, 2.24) is 9.71 Å². The Kier molecular flexibility index (Phi) is 3.38. The van der Waals surface area contributed by atoms with E-state index in [1.807, 2.05) is 0 Å². The molecule has 5 nitrogen and oxygen atoms in total. The van der Waals surface area contributed by atoms with Gasteiger partial charge in [0.15, 0.2) is 5.03 Å². The van der Waals surface area contributed by atoms with Crippen LogP contribution in [-0.4, -0.2) is 26.1 Å². The van der Waals surface area contributed by atoms with Gasteiger partial charge in [-0.1, -0.05) is 0 Å². The van der Waals surface area contributed by atoms with Gasteiger partial charge in [0, 0.05) is 6.20 Å². The standard InChI is InChI=1S/C7H8F3N3O2S/c8-7(9,10)4-13-16(14,15)6-5(11)2-1-3-12-6/h1-3,13H,4,11H2. The van der Waals surface area contributed by atoms with E-state index in [0.29, 0.717) is 0 Å². The van der Waals surface area contributed by atoms with Crippen LogP contribution in [0.3, 0.4) is 0 Å². The van der Waals surface area contributed by atoms with E-state index in [-0.39, 0.29) is 5.69 Å². The molecule has 3 N–H and O–H groups in total. The number of hydrogen-bond acceptors (Lipinski definition) is 4. The van der Waals surface area contributed by atoms with Crippen molar-refractivity contribution in [2.45, 2.75) is 11.2 Å². The van der Waals surface area contributed by atoms with Crippen molar-refractivity contribution in [3.8, 4) is 0 Å². The number of halogens is 3. The maximum Gasteiger partial charge on any atom is 0.402 e. The number of sulfonamides is 1. The minimum atomic E-state index is -4.63. The number of nitrogens with zero attached hydrogens (tertiary/aromatic N) is 1. The Morgan fingerprint density at radius 1 is 1.44 bits per heavy atom. The number of anilines is 1. The summed E-state index contributed by atoms with van der Waals surface area (Å²) in [5.41, 5.74) is 5.07. The lowest BCUT2D eigenvalue weighted by Crippen LogP contribution is -2.34. The van der Waals surface area contributed by atoms with Gasteiger partial charge in [-0.25, -0.2) is 18.1 Å². The minimum absolute atomic E-state index is 0.211. The molecule has 0 atom stereocenters. The third-order valence-corrected chi connectivity index (χ3v) is 2.89. The molecular formula is C7H8F3N3O2S. The summed E-state index contributed by atoms with van der Waals surface area (Å²) >= 11 is 0. The van der Waals surface area contributed by atoms with Gasteiger partial charge in [0.2, 0.25) is 0 Å². The fourth-order valence-corrected chi connectivity index (χ4v) is 1.94. The average Bonchev–Trinajstić information content (AvgIpc) is 2.14. The molecule has 0 saturated heterocycles. The second-order valence-electron chi connectivity index (χ2n) is 2.84. The Balaban J connectivity index is 2.92. The number of alkyl halides is 3. The largest absolute Gasteiger partial charge is 0.402 e. The first-order chi connectivity index (χ1) is 7.22. The second kappa shape index (κ2) is 4.26. The van der Waals surface area contributed by atoms with Gasteiger partial charge in [0.1, 0.15) is 6.54 Å². The van der Waals surface area contributed by atoms with Gasteiger partial charge in [-0.15, -0.1) is 0 Å². The van der Waals surface area contributed by atoms with Crippen molar-refractivity contribution in [1.29, 1.82) is 0 Å². The lowest BCUT2D eigenvalue weighted by atomic mass is 10.4. The smallest absolute Gasteiger partial charge is 0.396 e. The summed E-state index contributed by atoms with van der Waals surface area (Å²) in [5, 5.41) is -0.612. The van der Waals surface area contributed by atoms with E-state index >= 15 is 0 Å². The highest BCUT2D eigenvalue weighted by molar-refractivity contribution is 7.89. The first-order valence-corrected chi connectivity index (χ1v) is 5.47. The topological polar surface area (TPSA) is 85.1 Å². The number of aromatic nitrogens is 1. The van der Waals surface area contributed by atoms with Gasteiger partial charge in [0.05, 0.1) is 5.69 Å². The molecule has 9 heteroatoms. The highest BCUT2D eigenvalue weighted by Gasteiger charge is 2.31. The first-order valence-electron chi connectivity index (χ1n) is 3.99. The van der Waals surface area contributed by atoms with Gasteiger partial charge in [0.25, 0.3) is 10.0 Å². The summed E-state index contributed by atoms with van der Waals surface area (Å²) < 4.78 is 59.5. The predicted molar refractivity (Wildman–Crippen MR) is 49.9 cm³/mol. The SMILES string of the molecule is Nc1cccnc1S(=O)(=O)NCC(F)(F)F. The van der Waals surface area contributed by atoms with Crippen molar-refractivity contribution < 1.29 is 21.6 Å². The molecule has 1 aromatic heterocycles. The van der Waals surface area contributed by atoms with Crippen molar-refractivity contribution >= 4 is 15.7 Å². The zero-order valence-electron chi connectivity index (χ0n) is 7.82. The summed E-state index contributed by atoms with van der Waals surface area (Å²) in [6.07, 6.45) is -3.50. The van der Waals surface area contributed by atoms with E-state index in [2.05, 4.69) is 4.98 Å². The summed E-state index contributed by atoms with van der Waals surface area (Å²) in [5.74, 6) is 0. The van der Waals surface area contributed by atoms with Crippen molar-refractivity contribution in [3.63, 3.8) is 0 Å². The average molecular weight is 255 g/mol. The predicted octanol–water partition coefficient (Wildman–Crippen LogP) is 0.504. The van der Waals surface area contributed by atoms with Crippen LogP contribution in [0.5, 0.6) is 0 Å². The van der Waals surface area contributed by atoms with Gasteiger partial charge in [-0.2, -0.15) is 13.2 Å². The van der Waals surface area contributed by atoms with Crippen LogP contribution in [0.1, 0.15) is 0 Å². The highest BCUT2D eigenvalue weighted by Crippen LogP contribution is 2.17. The number of nitrogens with one attached hydrogen (secondary N) is 1. The number of hydrogen-bond donors (Lipinski definition) is 2. The van der Waals surface area contributed by atoms with Crippen molar-refractivity contribution in [2.75, 3.05) is 12.3 Å². The summed E-state index contributed by atoms with van der Waals surface area (Å²) in [6.45, 7) is -1.66. The Hall–Kier alpha value is -1.35. The molecule has 0 aliphatic carbocycles. The molecule has 0 radical (unpaired) electrons. The monoisotopic (exact) mass is 255 g/mol. The number of nitrogens with two attached hydrogens (primary N) is 1. The van der Waals surface area contributed by atoms with Gasteiger partial charge in [-0.3, -0.25) is 0 Å². The third kappa shape index (κ3) is 3.35. The van der Waals surface area contributed by atoms with Crippen LogP contribution in [-0.2, 0) is 10.0 Å². The Labute approximate surface area is 89.5 Å². The van der Waals surface area contributed by atoms with Crippen LogP contribution in [0.2, 0.25) is 0 Å². The Bertz CT molecular complexity index is 472. The molecule has 1 rings (SSSR count). The highest BCUT2D eigenvalue weighted by atomic mass is 32.2. The molecular weight excluding hydrogens is 247 g/mol. The molecule has 90 valence electrons. The molecule has 0 bridgehead atoms. The number of rotatable bonds is 3. The molecule has 0 unspecified atom stereocenters. The quantitative estimate of drug-likeness (QED) is 0.823. The first kappa shape index (κ1) is 12.7. The fraction of sp³-hybridized carbons (Fsp3) is 0.286. The molecule has 0 fully saturated rings. The molecule has 0 amide bonds. The van der Waals surface area contributed by atoms with E-state index in [0.717, 1.165) is 6.20 Å². The molecule has 1 heterocycles. The van der Waals surface area contributed by atoms with Crippen molar-refractivity contribution in [3.05, 3.63) is 18.3 Å². The normalized spacial score (nSPS) is 12.7. The van der Waals surface area contributed by atoms with Gasteiger partial charge >= 0.3 is 6.18 Å². The molecule has 0 aliphatic rings. The maximum atomic E-state index is 11.8. The summed E-state index contributed by atoms with van der Waals surface area (Å²) in [4.78, 5) is 3.41. The lowest BCUT2D eigenvalue weighted by molar-refractivity contribution is -0.121. The zero-order valence-corrected chi connectivity index (χ0v) is 8.64. The second-order valence-corrected chi connectivity index (χ2v) is 4.52. The summed E-state index contributed by atoms with van der Waals surface area (Å²) in [7, 11) is -4.33. The lowest BCUT2D eigenvalue weighted by Gasteiger charge is -2.09. The zero-order chi connectivity index (χ0) is 12.4. The van der Waals surface area contributed by atoms with Gasteiger partial charge < -0.3 is 5.73 Å². The minimum Gasteiger partial charge on any atom is -0.396 e. The molecule has 0 spiro atoms. The molecule has 0 aromatic carbocycles. The van der Waals surface area contributed by atoms with E-state index in [1.54, 1.807) is 0 Å². The molecule has 0 aliphatic heterocycles. The van der Waals surface area contributed by atoms with Crippen LogP contribution in [0.15, 0.2) is 23.4 Å². The van der Waals surface area contributed by atoms with Crippen LogP contribution in [0, 0.1) is 0 Å². The Morgan fingerprint density at radius 2 is 2.06 bits per heavy atom. The van der Waals surface area contributed by atoms with Crippen LogP contribution in [0.4, 0.5) is 18.9 Å². The third-order valence-electron chi connectivity index (χ3n) is 1.52. The van der Waals surface area contributed by atoms with Crippen LogP contribution >= 0.6 is 0 Å². The van der Waals surface area contributed by atoms with Crippen molar-refractivity contribution in [2.24, 2.45) is 0 Å². The number of nitrogen functional groups attached to an aromatic ring is 1. The molecule has 16 heavy (non-hydrogen) atoms. The maximum absolute atomic E-state index is 11.8. The van der Waals surface area contributed by atoms with Gasteiger partial charge in [-0.05, 0) is 12.1 Å². The molecule has 1 aromatic rings. The van der Waals surface area contributed by atoms with E-state index in [9.17, 15) is 21.6 Å². The van der Waals surface area contributed by atoms with E-state index in [1.165, 1.54) is 16.9 Å². The number of pyridine rings is 1. The molecule has 0 saturated carbocycles. The summed E-state index contributed by atoms with van der Waals surface area (Å²) in [6, 6.07) is 2.60. The Morgan fingerprint density at radius 3 is 2.56 bits per heavy atom. The van der Waals surface area contributed by atoms with Crippen LogP contribution < -0.4 is 10.5 Å².